The lowest BCUT2D eigenvalue weighted by molar-refractivity contribution is -0.123. The molecule has 0 atom stereocenters. The number of amides is 1. The molecule has 7 nitrogen and oxygen atoms in total. The van der Waals surface area contributed by atoms with E-state index in [4.69, 9.17) is 10.5 Å². The molecule has 1 amide bonds. The lowest BCUT2D eigenvalue weighted by atomic mass is 10.2. The summed E-state index contributed by atoms with van der Waals surface area (Å²) in [5, 5.41) is 10.3. The summed E-state index contributed by atoms with van der Waals surface area (Å²) < 4.78 is 7.11. The van der Waals surface area contributed by atoms with Crippen molar-refractivity contribution in [2.45, 2.75) is 19.5 Å². The number of aryl methyl sites for hydroxylation is 1. The molecule has 0 saturated heterocycles. The Labute approximate surface area is 123 Å². The number of nitrogens with two attached hydrogens (primary N) is 1. The van der Waals surface area contributed by atoms with Crippen molar-refractivity contribution in [2.75, 3.05) is 13.2 Å². The van der Waals surface area contributed by atoms with Crippen LogP contribution in [0.4, 0.5) is 0 Å². The number of ether oxygens (including phenoxy) is 1. The SMILES string of the molecule is NCc1ccc(OCC(=O)NCCCn2ccnn2)cc1. The average molecular weight is 289 g/mol. The second kappa shape index (κ2) is 8.01. The molecule has 2 rings (SSSR count). The normalized spacial score (nSPS) is 10.3. The van der Waals surface area contributed by atoms with E-state index in [1.54, 1.807) is 29.2 Å². The summed E-state index contributed by atoms with van der Waals surface area (Å²) in [5.41, 5.74) is 6.54. The van der Waals surface area contributed by atoms with Crippen molar-refractivity contribution in [3.05, 3.63) is 42.2 Å². The number of nitrogens with one attached hydrogen (secondary N) is 1. The molecule has 0 saturated carbocycles. The molecule has 0 aliphatic rings. The van der Waals surface area contributed by atoms with Gasteiger partial charge in [0.1, 0.15) is 5.75 Å². The van der Waals surface area contributed by atoms with Crippen molar-refractivity contribution in [1.82, 2.24) is 20.3 Å². The monoisotopic (exact) mass is 289 g/mol. The van der Waals surface area contributed by atoms with Crippen LogP contribution in [-0.2, 0) is 17.9 Å². The first kappa shape index (κ1) is 15.0. The van der Waals surface area contributed by atoms with Gasteiger partial charge in [0.25, 0.3) is 5.91 Å². The Hall–Kier alpha value is -2.41. The van der Waals surface area contributed by atoms with Gasteiger partial charge in [0.2, 0.25) is 0 Å². The summed E-state index contributed by atoms with van der Waals surface area (Å²) in [4.78, 5) is 11.6. The molecule has 1 aromatic carbocycles. The van der Waals surface area contributed by atoms with Gasteiger partial charge in [-0.1, -0.05) is 17.3 Å². The third-order valence-electron chi connectivity index (χ3n) is 2.89. The van der Waals surface area contributed by atoms with Crippen molar-refractivity contribution in [1.29, 1.82) is 0 Å². The van der Waals surface area contributed by atoms with E-state index in [2.05, 4.69) is 15.6 Å². The van der Waals surface area contributed by atoms with E-state index in [1.807, 2.05) is 12.1 Å². The molecule has 0 aliphatic heterocycles. The molecule has 0 aliphatic carbocycles. The molecule has 112 valence electrons. The fourth-order valence-corrected chi connectivity index (χ4v) is 1.74. The van der Waals surface area contributed by atoms with E-state index in [-0.39, 0.29) is 12.5 Å². The zero-order valence-corrected chi connectivity index (χ0v) is 11.7. The van der Waals surface area contributed by atoms with Gasteiger partial charge in [-0.15, -0.1) is 5.10 Å². The van der Waals surface area contributed by atoms with Crippen LogP contribution in [0, 0.1) is 0 Å². The fourth-order valence-electron chi connectivity index (χ4n) is 1.74. The van der Waals surface area contributed by atoms with Gasteiger partial charge in [0, 0.05) is 25.8 Å². The first-order valence-corrected chi connectivity index (χ1v) is 6.80. The maximum absolute atomic E-state index is 11.6. The Morgan fingerprint density at radius 2 is 2.14 bits per heavy atom. The maximum atomic E-state index is 11.6. The molecule has 0 spiro atoms. The zero-order chi connectivity index (χ0) is 14.9. The molecule has 1 aromatic heterocycles. The van der Waals surface area contributed by atoms with Crippen LogP contribution in [0.15, 0.2) is 36.7 Å². The predicted molar refractivity (Wildman–Crippen MR) is 77.5 cm³/mol. The van der Waals surface area contributed by atoms with E-state index in [0.29, 0.717) is 18.8 Å². The average Bonchev–Trinajstić information content (AvgIpc) is 3.03. The number of hydrogen-bond donors (Lipinski definition) is 2. The van der Waals surface area contributed by atoms with E-state index in [0.717, 1.165) is 18.5 Å². The number of nitrogens with zero attached hydrogens (tertiary/aromatic N) is 3. The third kappa shape index (κ3) is 5.23. The van der Waals surface area contributed by atoms with E-state index in [9.17, 15) is 4.79 Å². The number of hydrogen-bond acceptors (Lipinski definition) is 5. The molecule has 2 aromatic rings. The smallest absolute Gasteiger partial charge is 0.257 e. The number of rotatable bonds is 8. The Morgan fingerprint density at radius 3 is 2.81 bits per heavy atom. The minimum Gasteiger partial charge on any atom is -0.484 e. The van der Waals surface area contributed by atoms with Crippen LogP contribution < -0.4 is 15.8 Å². The van der Waals surface area contributed by atoms with Crippen LogP contribution in [0.1, 0.15) is 12.0 Å². The Bertz CT molecular complexity index is 539. The van der Waals surface area contributed by atoms with Crippen molar-refractivity contribution in [3.8, 4) is 5.75 Å². The standard InChI is InChI=1S/C14H19N5O2/c15-10-12-2-4-13(5-3-12)21-11-14(20)16-6-1-8-19-9-7-17-18-19/h2-5,7,9H,1,6,8,10-11,15H2,(H,16,20). The highest BCUT2D eigenvalue weighted by molar-refractivity contribution is 5.77. The van der Waals surface area contributed by atoms with Gasteiger partial charge in [-0.25, -0.2) is 0 Å². The van der Waals surface area contributed by atoms with Crippen LogP contribution in [0.3, 0.4) is 0 Å². The predicted octanol–water partition coefficient (Wildman–Crippen LogP) is 0.322. The van der Waals surface area contributed by atoms with Crippen LogP contribution in [0.25, 0.3) is 0 Å². The highest BCUT2D eigenvalue weighted by Gasteiger charge is 2.02. The minimum atomic E-state index is -0.142. The second-order valence-corrected chi connectivity index (χ2v) is 4.51. The summed E-state index contributed by atoms with van der Waals surface area (Å²) in [6.07, 6.45) is 4.21. The van der Waals surface area contributed by atoms with Crippen LogP contribution in [0.5, 0.6) is 5.75 Å². The molecule has 3 N–H and O–H groups in total. The molecular weight excluding hydrogens is 270 g/mol. The Morgan fingerprint density at radius 1 is 1.33 bits per heavy atom. The van der Waals surface area contributed by atoms with Gasteiger partial charge in [-0.3, -0.25) is 9.48 Å². The van der Waals surface area contributed by atoms with Gasteiger partial charge < -0.3 is 15.8 Å². The van der Waals surface area contributed by atoms with Crippen molar-refractivity contribution < 1.29 is 9.53 Å². The summed E-state index contributed by atoms with van der Waals surface area (Å²) in [6.45, 7) is 1.80. The quantitative estimate of drug-likeness (QED) is 0.683. The van der Waals surface area contributed by atoms with E-state index >= 15 is 0 Å². The van der Waals surface area contributed by atoms with Gasteiger partial charge in [-0.05, 0) is 24.1 Å². The molecule has 0 radical (unpaired) electrons. The first-order chi connectivity index (χ1) is 10.3. The van der Waals surface area contributed by atoms with E-state index < -0.39 is 0 Å². The fraction of sp³-hybridized carbons (Fsp3) is 0.357. The molecule has 7 heteroatoms. The lowest BCUT2D eigenvalue weighted by Gasteiger charge is -2.08. The number of carbonyl (C=O) groups excluding carboxylic acids is 1. The molecule has 0 bridgehead atoms. The highest BCUT2D eigenvalue weighted by Crippen LogP contribution is 2.11. The summed E-state index contributed by atoms with van der Waals surface area (Å²) in [5.74, 6) is 0.515. The van der Waals surface area contributed by atoms with Gasteiger partial charge >= 0.3 is 0 Å². The summed E-state index contributed by atoms with van der Waals surface area (Å²) in [6, 6.07) is 7.37. The summed E-state index contributed by atoms with van der Waals surface area (Å²) >= 11 is 0. The zero-order valence-electron chi connectivity index (χ0n) is 11.7. The molecule has 0 fully saturated rings. The molecular formula is C14H19N5O2. The Balaban J connectivity index is 1.60. The molecule has 0 unspecified atom stereocenters. The molecule has 21 heavy (non-hydrogen) atoms. The van der Waals surface area contributed by atoms with Crippen molar-refractivity contribution >= 4 is 5.91 Å². The second-order valence-electron chi connectivity index (χ2n) is 4.51. The minimum absolute atomic E-state index is 0.00526. The van der Waals surface area contributed by atoms with Gasteiger partial charge in [0.05, 0.1) is 6.20 Å². The third-order valence-corrected chi connectivity index (χ3v) is 2.89. The largest absolute Gasteiger partial charge is 0.484 e. The van der Waals surface area contributed by atoms with Crippen LogP contribution in [-0.4, -0.2) is 34.1 Å². The lowest BCUT2D eigenvalue weighted by Crippen LogP contribution is -2.30. The van der Waals surface area contributed by atoms with Crippen LogP contribution in [0.2, 0.25) is 0 Å². The number of aromatic nitrogens is 3. The maximum Gasteiger partial charge on any atom is 0.257 e. The van der Waals surface area contributed by atoms with Gasteiger partial charge in [0.15, 0.2) is 6.61 Å². The van der Waals surface area contributed by atoms with Crippen molar-refractivity contribution in [3.63, 3.8) is 0 Å². The number of carbonyl (C=O) groups is 1. The molecule has 1 heterocycles. The Kier molecular flexibility index (Phi) is 5.71. The van der Waals surface area contributed by atoms with Gasteiger partial charge in [-0.2, -0.15) is 0 Å². The topological polar surface area (TPSA) is 95.1 Å². The van der Waals surface area contributed by atoms with E-state index in [1.165, 1.54) is 0 Å². The first-order valence-electron chi connectivity index (χ1n) is 6.80. The highest BCUT2D eigenvalue weighted by atomic mass is 16.5. The van der Waals surface area contributed by atoms with Crippen molar-refractivity contribution in [2.24, 2.45) is 5.73 Å². The number of benzene rings is 1. The summed E-state index contributed by atoms with van der Waals surface area (Å²) in [7, 11) is 0. The van der Waals surface area contributed by atoms with Crippen LogP contribution >= 0.6 is 0 Å².